The maximum Gasteiger partial charge on any atom is 0.155 e. The highest BCUT2D eigenvalue weighted by Crippen LogP contribution is 2.18. The molecule has 1 aliphatic rings. The second-order valence-corrected chi connectivity index (χ2v) is 3.07. The number of fused-ring (bicyclic) bond motifs is 1. The van der Waals surface area contributed by atoms with Crippen molar-refractivity contribution >= 4 is 0 Å². The summed E-state index contributed by atoms with van der Waals surface area (Å²) in [5.41, 5.74) is 2.50. The van der Waals surface area contributed by atoms with E-state index in [1.807, 2.05) is 18.2 Å². The second-order valence-electron chi connectivity index (χ2n) is 3.07. The molecule has 1 aromatic rings. The van der Waals surface area contributed by atoms with Gasteiger partial charge < -0.3 is 9.84 Å². The Labute approximate surface area is 71.8 Å². The summed E-state index contributed by atoms with van der Waals surface area (Å²) >= 11 is 0. The summed E-state index contributed by atoms with van der Waals surface area (Å²) in [7, 11) is 0. The maximum absolute atomic E-state index is 9.24. The number of benzene rings is 1. The van der Waals surface area contributed by atoms with Crippen LogP contribution in [0, 0.1) is 0 Å². The van der Waals surface area contributed by atoms with Crippen LogP contribution >= 0.6 is 0 Å². The van der Waals surface area contributed by atoms with E-state index in [0.717, 1.165) is 6.42 Å². The number of aliphatic hydroxyl groups is 1. The first-order valence-electron chi connectivity index (χ1n) is 4.23. The highest BCUT2D eigenvalue weighted by molar-refractivity contribution is 5.27. The van der Waals surface area contributed by atoms with Gasteiger partial charge in [-0.1, -0.05) is 24.3 Å². The van der Waals surface area contributed by atoms with Crippen molar-refractivity contribution in [3.8, 4) is 0 Å². The van der Waals surface area contributed by atoms with Gasteiger partial charge in [-0.2, -0.15) is 0 Å². The zero-order valence-electron chi connectivity index (χ0n) is 6.86. The minimum Gasteiger partial charge on any atom is -0.368 e. The number of hydrogen-bond donors (Lipinski definition) is 1. The van der Waals surface area contributed by atoms with Gasteiger partial charge in [-0.3, -0.25) is 0 Å². The van der Waals surface area contributed by atoms with Gasteiger partial charge >= 0.3 is 0 Å². The van der Waals surface area contributed by atoms with Crippen molar-refractivity contribution in [2.75, 3.05) is 0 Å². The second kappa shape index (κ2) is 3.25. The Morgan fingerprint density at radius 1 is 1.25 bits per heavy atom. The Kier molecular flexibility index (Phi) is 2.11. The molecule has 0 saturated heterocycles. The molecular formula is C10H12O2. The monoisotopic (exact) mass is 164 g/mol. The Morgan fingerprint density at radius 3 is 2.83 bits per heavy atom. The Morgan fingerprint density at radius 2 is 2.00 bits per heavy atom. The van der Waals surface area contributed by atoms with E-state index in [1.54, 1.807) is 0 Å². The predicted octanol–water partition coefficient (Wildman–Crippen LogP) is 1.47. The summed E-state index contributed by atoms with van der Waals surface area (Å²) in [6.07, 6.45) is 1.03. The predicted molar refractivity (Wildman–Crippen MR) is 45.6 cm³/mol. The first-order chi connectivity index (χ1) is 5.86. The van der Waals surface area contributed by atoms with Gasteiger partial charge in [0.1, 0.15) is 0 Å². The zero-order chi connectivity index (χ0) is 8.39. The standard InChI is InChI=1S/C10H12O2/c11-10-6-5-8-3-1-2-4-9(8)7-12-10/h1-4,10-11H,5-7H2. The van der Waals surface area contributed by atoms with Crippen LogP contribution in [0.25, 0.3) is 0 Å². The van der Waals surface area contributed by atoms with E-state index in [-0.39, 0.29) is 0 Å². The molecule has 0 amide bonds. The Bertz CT molecular complexity index is 243. The van der Waals surface area contributed by atoms with Gasteiger partial charge in [0.2, 0.25) is 0 Å². The third-order valence-electron chi connectivity index (χ3n) is 2.21. The molecule has 0 aliphatic carbocycles. The van der Waals surface area contributed by atoms with Crippen LogP contribution in [0.3, 0.4) is 0 Å². The molecule has 1 aromatic carbocycles. The molecule has 12 heavy (non-hydrogen) atoms. The molecule has 1 heterocycles. The lowest BCUT2D eigenvalue weighted by Gasteiger charge is -2.05. The largest absolute Gasteiger partial charge is 0.368 e. The quantitative estimate of drug-likeness (QED) is 0.629. The van der Waals surface area contributed by atoms with E-state index in [1.165, 1.54) is 11.1 Å². The van der Waals surface area contributed by atoms with Gasteiger partial charge in [-0.15, -0.1) is 0 Å². The van der Waals surface area contributed by atoms with Crippen molar-refractivity contribution in [3.05, 3.63) is 35.4 Å². The van der Waals surface area contributed by atoms with Gasteiger partial charge in [-0.05, 0) is 17.5 Å². The summed E-state index contributed by atoms with van der Waals surface area (Å²) in [5.74, 6) is 0. The molecule has 0 saturated carbocycles. The fourth-order valence-electron chi connectivity index (χ4n) is 1.49. The van der Waals surface area contributed by atoms with Crippen molar-refractivity contribution in [1.82, 2.24) is 0 Å². The van der Waals surface area contributed by atoms with Gasteiger partial charge in [0.05, 0.1) is 6.61 Å². The average molecular weight is 164 g/mol. The number of ether oxygens (including phenoxy) is 1. The van der Waals surface area contributed by atoms with Crippen LogP contribution in [0.1, 0.15) is 17.5 Å². The lowest BCUT2D eigenvalue weighted by Crippen LogP contribution is -2.08. The van der Waals surface area contributed by atoms with E-state index < -0.39 is 6.29 Å². The van der Waals surface area contributed by atoms with Crippen molar-refractivity contribution < 1.29 is 9.84 Å². The third kappa shape index (κ3) is 1.49. The highest BCUT2D eigenvalue weighted by Gasteiger charge is 2.12. The first kappa shape index (κ1) is 7.77. The molecule has 2 nitrogen and oxygen atoms in total. The molecule has 1 atom stereocenters. The smallest absolute Gasteiger partial charge is 0.155 e. The fraction of sp³-hybridized carbons (Fsp3) is 0.400. The molecule has 0 aromatic heterocycles. The van der Waals surface area contributed by atoms with Gasteiger partial charge in [0, 0.05) is 6.42 Å². The summed E-state index contributed by atoms with van der Waals surface area (Å²) in [6, 6.07) is 8.17. The Balaban J connectivity index is 2.26. The minimum absolute atomic E-state index is 0.539. The summed E-state index contributed by atoms with van der Waals surface area (Å²) in [5, 5.41) is 9.24. The third-order valence-corrected chi connectivity index (χ3v) is 2.21. The molecule has 2 heteroatoms. The zero-order valence-corrected chi connectivity index (χ0v) is 6.86. The summed E-state index contributed by atoms with van der Waals surface area (Å²) < 4.78 is 5.18. The molecular weight excluding hydrogens is 152 g/mol. The molecule has 64 valence electrons. The fourth-order valence-corrected chi connectivity index (χ4v) is 1.49. The van der Waals surface area contributed by atoms with Crippen LogP contribution in [0.4, 0.5) is 0 Å². The van der Waals surface area contributed by atoms with Crippen molar-refractivity contribution in [2.45, 2.75) is 25.7 Å². The molecule has 0 radical (unpaired) electrons. The lowest BCUT2D eigenvalue weighted by molar-refractivity contribution is -0.107. The van der Waals surface area contributed by atoms with E-state index in [4.69, 9.17) is 4.74 Å². The van der Waals surface area contributed by atoms with E-state index in [9.17, 15) is 5.11 Å². The van der Waals surface area contributed by atoms with Crippen LogP contribution in [-0.2, 0) is 17.8 Å². The van der Waals surface area contributed by atoms with Crippen LogP contribution in [0.5, 0.6) is 0 Å². The van der Waals surface area contributed by atoms with Crippen LogP contribution < -0.4 is 0 Å². The van der Waals surface area contributed by atoms with Crippen LogP contribution in [0.15, 0.2) is 24.3 Å². The average Bonchev–Trinajstić information content (AvgIpc) is 2.29. The van der Waals surface area contributed by atoms with E-state index in [2.05, 4.69) is 6.07 Å². The van der Waals surface area contributed by atoms with E-state index in [0.29, 0.717) is 13.0 Å². The van der Waals surface area contributed by atoms with Gasteiger partial charge in [0.25, 0.3) is 0 Å². The van der Waals surface area contributed by atoms with E-state index >= 15 is 0 Å². The molecule has 1 aliphatic heterocycles. The SMILES string of the molecule is OC1CCc2ccccc2CO1. The molecule has 0 fully saturated rings. The maximum atomic E-state index is 9.24. The summed E-state index contributed by atoms with van der Waals surface area (Å²) in [6.45, 7) is 0.539. The topological polar surface area (TPSA) is 29.5 Å². The van der Waals surface area contributed by atoms with Crippen molar-refractivity contribution in [1.29, 1.82) is 0 Å². The molecule has 0 bridgehead atoms. The lowest BCUT2D eigenvalue weighted by atomic mass is 10.0. The van der Waals surface area contributed by atoms with Gasteiger partial charge in [0.15, 0.2) is 6.29 Å². The molecule has 2 rings (SSSR count). The number of rotatable bonds is 0. The highest BCUT2D eigenvalue weighted by atomic mass is 16.6. The molecule has 1 unspecified atom stereocenters. The normalized spacial score (nSPS) is 22.9. The minimum atomic E-state index is -0.586. The number of aliphatic hydroxyl groups excluding tert-OH is 1. The number of aryl methyl sites for hydroxylation is 1. The van der Waals surface area contributed by atoms with Gasteiger partial charge in [-0.25, -0.2) is 0 Å². The molecule has 0 spiro atoms. The van der Waals surface area contributed by atoms with Crippen molar-refractivity contribution in [2.24, 2.45) is 0 Å². The number of hydrogen-bond acceptors (Lipinski definition) is 2. The van der Waals surface area contributed by atoms with Crippen LogP contribution in [-0.4, -0.2) is 11.4 Å². The summed E-state index contributed by atoms with van der Waals surface area (Å²) in [4.78, 5) is 0. The molecule has 1 N–H and O–H groups in total. The van der Waals surface area contributed by atoms with Crippen LogP contribution in [0.2, 0.25) is 0 Å². The van der Waals surface area contributed by atoms with Crippen molar-refractivity contribution in [3.63, 3.8) is 0 Å². The Hall–Kier alpha value is -0.860. The first-order valence-corrected chi connectivity index (χ1v) is 4.23.